The van der Waals surface area contributed by atoms with E-state index >= 15 is 0 Å². The van der Waals surface area contributed by atoms with Crippen LogP contribution in [0.1, 0.15) is 17.4 Å². The first-order valence-corrected chi connectivity index (χ1v) is 7.37. The Morgan fingerprint density at radius 2 is 2.19 bits per heavy atom. The predicted molar refractivity (Wildman–Crippen MR) is 83.8 cm³/mol. The summed E-state index contributed by atoms with van der Waals surface area (Å²) in [4.78, 5) is 16.7. The average Bonchev–Trinajstić information content (AvgIpc) is 3.00. The van der Waals surface area contributed by atoms with Crippen molar-refractivity contribution in [3.05, 3.63) is 41.5 Å². The normalized spacial score (nSPS) is 10.5. The fourth-order valence-corrected chi connectivity index (χ4v) is 2.46. The standard InChI is InChI=1S/C14H13N5OS/c1-2-15-11-7-12(13(20)18-14-19-16-8-21-14)17-10-6-4-3-5-9(10)11/h3-8H,2H2,1H3,(H,15,17)(H,18,19,20). The minimum absolute atomic E-state index is 0.295. The van der Waals surface area contributed by atoms with Crippen molar-refractivity contribution in [2.45, 2.75) is 6.92 Å². The van der Waals surface area contributed by atoms with Crippen LogP contribution in [0.5, 0.6) is 0 Å². The molecular formula is C14H13N5OS. The number of carbonyl (C=O) groups is 1. The molecule has 0 spiro atoms. The van der Waals surface area contributed by atoms with Gasteiger partial charge in [0.15, 0.2) is 0 Å². The molecule has 0 saturated carbocycles. The van der Waals surface area contributed by atoms with E-state index in [1.54, 1.807) is 11.6 Å². The zero-order valence-corrected chi connectivity index (χ0v) is 12.1. The summed E-state index contributed by atoms with van der Waals surface area (Å²) in [7, 11) is 0. The van der Waals surface area contributed by atoms with Gasteiger partial charge in [0.2, 0.25) is 5.13 Å². The molecule has 0 aliphatic carbocycles. The molecular weight excluding hydrogens is 286 g/mol. The van der Waals surface area contributed by atoms with E-state index in [-0.39, 0.29) is 5.91 Å². The Balaban J connectivity index is 2.00. The summed E-state index contributed by atoms with van der Waals surface area (Å²) in [6.45, 7) is 2.78. The SMILES string of the molecule is CCNc1cc(C(=O)Nc2nncs2)nc2ccccc12. The summed E-state index contributed by atoms with van der Waals surface area (Å²) >= 11 is 1.27. The van der Waals surface area contributed by atoms with Crippen LogP contribution in [0, 0.1) is 0 Å². The molecule has 3 aromatic rings. The van der Waals surface area contributed by atoms with Gasteiger partial charge >= 0.3 is 0 Å². The Bertz CT molecular complexity index is 772. The molecule has 0 fully saturated rings. The third-order valence-corrected chi connectivity index (χ3v) is 3.50. The van der Waals surface area contributed by atoms with E-state index < -0.39 is 0 Å². The lowest BCUT2D eigenvalue weighted by Crippen LogP contribution is -2.14. The number of amides is 1. The Labute approximate surface area is 125 Å². The first-order valence-electron chi connectivity index (χ1n) is 6.49. The summed E-state index contributed by atoms with van der Waals surface area (Å²) < 4.78 is 0. The number of benzene rings is 1. The number of anilines is 2. The van der Waals surface area contributed by atoms with Gasteiger partial charge in [-0.3, -0.25) is 10.1 Å². The lowest BCUT2D eigenvalue weighted by molar-refractivity contribution is 0.102. The Kier molecular flexibility index (Phi) is 3.74. The van der Waals surface area contributed by atoms with Crippen LogP contribution in [0.25, 0.3) is 10.9 Å². The van der Waals surface area contributed by atoms with Gasteiger partial charge in [-0.2, -0.15) is 0 Å². The van der Waals surface area contributed by atoms with Gasteiger partial charge in [-0.15, -0.1) is 10.2 Å². The highest BCUT2D eigenvalue weighted by atomic mass is 32.1. The summed E-state index contributed by atoms with van der Waals surface area (Å²) in [6.07, 6.45) is 0. The summed E-state index contributed by atoms with van der Waals surface area (Å²) in [5, 5.41) is 14.9. The second kappa shape index (κ2) is 5.84. The van der Waals surface area contributed by atoms with Gasteiger partial charge in [0, 0.05) is 17.6 Å². The first kappa shape index (κ1) is 13.4. The minimum atomic E-state index is -0.295. The number of pyridine rings is 1. The number of hydrogen-bond acceptors (Lipinski definition) is 6. The molecule has 2 N–H and O–H groups in total. The minimum Gasteiger partial charge on any atom is -0.385 e. The van der Waals surface area contributed by atoms with Gasteiger partial charge < -0.3 is 5.32 Å². The van der Waals surface area contributed by atoms with Gasteiger partial charge in [0.25, 0.3) is 5.91 Å². The predicted octanol–water partition coefficient (Wildman–Crippen LogP) is 2.77. The van der Waals surface area contributed by atoms with Crippen LogP contribution in [0.3, 0.4) is 0 Å². The first-order chi connectivity index (χ1) is 10.3. The van der Waals surface area contributed by atoms with Gasteiger partial charge in [0.1, 0.15) is 11.2 Å². The lowest BCUT2D eigenvalue weighted by atomic mass is 10.1. The van der Waals surface area contributed by atoms with Crippen LogP contribution in [0.4, 0.5) is 10.8 Å². The van der Waals surface area contributed by atoms with Crippen molar-refractivity contribution in [3.63, 3.8) is 0 Å². The molecule has 1 aromatic carbocycles. The molecule has 7 heteroatoms. The number of hydrogen-bond donors (Lipinski definition) is 2. The molecule has 0 aliphatic heterocycles. The molecule has 0 saturated heterocycles. The number of aromatic nitrogens is 3. The lowest BCUT2D eigenvalue weighted by Gasteiger charge is -2.10. The summed E-state index contributed by atoms with van der Waals surface area (Å²) in [5.74, 6) is -0.295. The van der Waals surface area contributed by atoms with E-state index in [2.05, 4.69) is 25.8 Å². The van der Waals surface area contributed by atoms with Crippen molar-refractivity contribution >= 4 is 39.0 Å². The van der Waals surface area contributed by atoms with Crippen molar-refractivity contribution in [2.75, 3.05) is 17.2 Å². The van der Waals surface area contributed by atoms with Crippen LogP contribution >= 0.6 is 11.3 Å². The third kappa shape index (κ3) is 2.82. The van der Waals surface area contributed by atoms with Crippen molar-refractivity contribution in [3.8, 4) is 0 Å². The van der Waals surface area contributed by atoms with Crippen LogP contribution in [-0.2, 0) is 0 Å². The molecule has 1 amide bonds. The second-order valence-corrected chi connectivity index (χ2v) is 5.13. The van der Waals surface area contributed by atoms with E-state index in [1.165, 1.54) is 11.3 Å². The number of nitrogens with zero attached hydrogens (tertiary/aromatic N) is 3. The fourth-order valence-electron chi connectivity index (χ4n) is 2.02. The monoisotopic (exact) mass is 299 g/mol. The maximum Gasteiger partial charge on any atom is 0.276 e. The average molecular weight is 299 g/mol. The molecule has 0 radical (unpaired) electrons. The van der Waals surface area contributed by atoms with E-state index in [0.29, 0.717) is 10.8 Å². The second-order valence-electron chi connectivity index (χ2n) is 4.30. The summed E-state index contributed by atoms with van der Waals surface area (Å²) in [6, 6.07) is 9.47. The highest BCUT2D eigenvalue weighted by molar-refractivity contribution is 7.13. The van der Waals surface area contributed by atoms with Crippen molar-refractivity contribution in [2.24, 2.45) is 0 Å². The van der Waals surface area contributed by atoms with Crippen molar-refractivity contribution < 1.29 is 4.79 Å². The number of fused-ring (bicyclic) bond motifs is 1. The quantitative estimate of drug-likeness (QED) is 0.774. The van der Waals surface area contributed by atoms with Gasteiger partial charge in [0.05, 0.1) is 5.52 Å². The van der Waals surface area contributed by atoms with E-state index in [0.717, 1.165) is 23.1 Å². The zero-order valence-electron chi connectivity index (χ0n) is 11.3. The highest BCUT2D eigenvalue weighted by Crippen LogP contribution is 2.23. The molecule has 0 atom stereocenters. The molecule has 6 nitrogen and oxygen atoms in total. The van der Waals surface area contributed by atoms with E-state index in [1.807, 2.05) is 31.2 Å². The fraction of sp³-hybridized carbons (Fsp3) is 0.143. The molecule has 3 rings (SSSR count). The zero-order chi connectivity index (χ0) is 14.7. The Hall–Kier alpha value is -2.54. The van der Waals surface area contributed by atoms with Crippen molar-refractivity contribution in [1.82, 2.24) is 15.2 Å². The van der Waals surface area contributed by atoms with Gasteiger partial charge in [-0.05, 0) is 19.1 Å². The van der Waals surface area contributed by atoms with Crippen LogP contribution in [0.2, 0.25) is 0 Å². The topological polar surface area (TPSA) is 79.8 Å². The largest absolute Gasteiger partial charge is 0.385 e. The van der Waals surface area contributed by atoms with E-state index in [9.17, 15) is 4.79 Å². The molecule has 0 unspecified atom stereocenters. The van der Waals surface area contributed by atoms with E-state index in [4.69, 9.17) is 0 Å². The number of carbonyl (C=O) groups excluding carboxylic acids is 1. The summed E-state index contributed by atoms with van der Waals surface area (Å²) in [5.41, 5.74) is 3.58. The highest BCUT2D eigenvalue weighted by Gasteiger charge is 2.13. The number of para-hydroxylation sites is 1. The smallest absolute Gasteiger partial charge is 0.276 e. The molecule has 2 heterocycles. The molecule has 21 heavy (non-hydrogen) atoms. The Morgan fingerprint density at radius 1 is 1.33 bits per heavy atom. The molecule has 2 aromatic heterocycles. The number of rotatable bonds is 4. The van der Waals surface area contributed by atoms with Gasteiger partial charge in [-0.1, -0.05) is 29.5 Å². The molecule has 106 valence electrons. The maximum absolute atomic E-state index is 12.2. The maximum atomic E-state index is 12.2. The van der Waals surface area contributed by atoms with Crippen LogP contribution < -0.4 is 10.6 Å². The van der Waals surface area contributed by atoms with Crippen LogP contribution in [-0.4, -0.2) is 27.6 Å². The molecule has 0 aliphatic rings. The third-order valence-electron chi connectivity index (χ3n) is 2.90. The van der Waals surface area contributed by atoms with Gasteiger partial charge in [-0.25, -0.2) is 4.98 Å². The van der Waals surface area contributed by atoms with Crippen LogP contribution in [0.15, 0.2) is 35.8 Å². The van der Waals surface area contributed by atoms with Crippen molar-refractivity contribution in [1.29, 1.82) is 0 Å². The number of nitrogens with one attached hydrogen (secondary N) is 2. The Morgan fingerprint density at radius 3 is 2.95 bits per heavy atom. The molecule has 0 bridgehead atoms.